The molecule has 3 nitrogen and oxygen atoms in total. The van der Waals surface area contributed by atoms with E-state index in [1.54, 1.807) is 0 Å². The Hall–Kier alpha value is 0.395. The zero-order valence-electron chi connectivity index (χ0n) is 5.62. The van der Waals surface area contributed by atoms with E-state index in [1.807, 2.05) is 0 Å². The number of hydrogen-bond donors (Lipinski definition) is 2. The summed E-state index contributed by atoms with van der Waals surface area (Å²) in [5.74, 6) is 0. The monoisotopic (exact) mass is 231 g/mol. The van der Waals surface area contributed by atoms with Crippen LogP contribution in [0.2, 0.25) is 0 Å². The van der Waals surface area contributed by atoms with Gasteiger partial charge in [-0.05, 0) is 19.4 Å². The van der Waals surface area contributed by atoms with Gasteiger partial charge >= 0.3 is 17.1 Å². The molecular weight excluding hydrogens is 220 g/mol. The first-order valence-electron chi connectivity index (χ1n) is 2.67. The first-order chi connectivity index (χ1) is 4.33. The standard InChI is InChI=1S/C4H10BrN.BHO2.ClH/c5-3-1-2-4-6;2-1-3;/h1-4,6H2;2H;1H. The molecule has 0 spiro atoms. The molecule has 10 heavy (non-hydrogen) atoms. The first kappa shape index (κ1) is 16.8. The van der Waals surface area contributed by atoms with Gasteiger partial charge in [0.25, 0.3) is 0 Å². The zero-order chi connectivity index (χ0) is 7.54. The van der Waals surface area contributed by atoms with Crippen molar-refractivity contribution in [3.8, 4) is 0 Å². The molecule has 6 heteroatoms. The van der Waals surface area contributed by atoms with Crippen LogP contribution in [0.1, 0.15) is 12.8 Å². The molecule has 0 aliphatic carbocycles. The van der Waals surface area contributed by atoms with Gasteiger partial charge in [0.1, 0.15) is 0 Å². The Kier molecular flexibility index (Phi) is 38.2. The maximum absolute atomic E-state index is 8.36. The molecule has 0 heterocycles. The van der Waals surface area contributed by atoms with Gasteiger partial charge in [-0.25, -0.2) is 0 Å². The van der Waals surface area contributed by atoms with Gasteiger partial charge in [0.05, 0.1) is 0 Å². The van der Waals surface area contributed by atoms with E-state index < -0.39 is 0 Å². The Morgan fingerprint density at radius 3 is 2.00 bits per heavy atom. The van der Waals surface area contributed by atoms with Gasteiger partial charge in [0.15, 0.2) is 0 Å². The van der Waals surface area contributed by atoms with Crippen molar-refractivity contribution >= 4 is 35.7 Å². The maximum atomic E-state index is 8.36. The Balaban J connectivity index is -0.000000107. The molecule has 0 atom stereocenters. The summed E-state index contributed by atoms with van der Waals surface area (Å²) in [6.45, 7) is 0.825. The molecule has 0 aromatic carbocycles. The van der Waals surface area contributed by atoms with Crippen molar-refractivity contribution < 1.29 is 9.73 Å². The van der Waals surface area contributed by atoms with Gasteiger partial charge in [0, 0.05) is 5.33 Å². The molecule has 0 radical (unpaired) electrons. The second-order valence-electron chi connectivity index (χ2n) is 1.29. The van der Waals surface area contributed by atoms with Gasteiger partial charge in [-0.2, -0.15) is 0 Å². The normalized spacial score (nSPS) is 6.20. The number of hydrogen-bond acceptors (Lipinski definition) is 2. The number of halogens is 2. The molecule has 0 aliphatic rings. The number of rotatable bonds is 3. The summed E-state index contributed by atoms with van der Waals surface area (Å²) < 4.78 is 8.36. The van der Waals surface area contributed by atoms with Gasteiger partial charge in [-0.15, -0.1) is 12.4 Å². The second kappa shape index (κ2) is 22.7. The van der Waals surface area contributed by atoms with Crippen molar-refractivity contribution in [3.05, 3.63) is 0 Å². The van der Waals surface area contributed by atoms with Crippen LogP contribution in [-0.4, -0.2) is 24.3 Å². The molecule has 0 aliphatic heterocycles. The minimum atomic E-state index is -0.250. The SMILES string of the molecule is Cl.NCCCCBr.O=BO. The van der Waals surface area contributed by atoms with Crippen molar-refractivity contribution in [2.24, 2.45) is 5.73 Å². The van der Waals surface area contributed by atoms with E-state index in [2.05, 4.69) is 15.9 Å². The quantitative estimate of drug-likeness (QED) is 0.423. The van der Waals surface area contributed by atoms with Crippen LogP contribution in [-0.2, 0) is 4.70 Å². The molecule has 0 saturated heterocycles. The van der Waals surface area contributed by atoms with Crippen LogP contribution in [0.3, 0.4) is 0 Å². The first-order valence-corrected chi connectivity index (χ1v) is 3.79. The summed E-state index contributed by atoms with van der Waals surface area (Å²) in [6.07, 6.45) is 2.35. The molecule has 0 bridgehead atoms. The van der Waals surface area contributed by atoms with Gasteiger partial charge in [0.2, 0.25) is 0 Å². The third-order valence-electron chi connectivity index (χ3n) is 0.588. The summed E-state index contributed by atoms with van der Waals surface area (Å²) >= 11 is 3.29. The van der Waals surface area contributed by atoms with E-state index in [-0.39, 0.29) is 19.8 Å². The van der Waals surface area contributed by atoms with Crippen LogP contribution in [0.15, 0.2) is 0 Å². The average Bonchev–Trinajstić information content (AvgIpc) is 1.86. The summed E-state index contributed by atoms with van der Waals surface area (Å²) in [5, 5.41) is 7.98. The molecule has 0 aromatic heterocycles. The van der Waals surface area contributed by atoms with Crippen LogP contribution in [0.25, 0.3) is 0 Å². The Labute approximate surface area is 76.2 Å². The Morgan fingerprint density at radius 2 is 1.90 bits per heavy atom. The van der Waals surface area contributed by atoms with Gasteiger partial charge in [-0.1, -0.05) is 15.9 Å². The molecule has 62 valence electrons. The molecule has 3 N–H and O–H groups in total. The van der Waals surface area contributed by atoms with E-state index in [4.69, 9.17) is 15.5 Å². The minimum absolute atomic E-state index is 0. The predicted molar refractivity (Wildman–Crippen MR) is 48.0 cm³/mol. The van der Waals surface area contributed by atoms with Crippen molar-refractivity contribution in [3.63, 3.8) is 0 Å². The van der Waals surface area contributed by atoms with E-state index >= 15 is 0 Å². The molecule has 0 rings (SSSR count). The van der Waals surface area contributed by atoms with Crippen molar-refractivity contribution in [1.82, 2.24) is 0 Å². The molecule has 0 amide bonds. The molecular formula is C4H12BBrClNO2. The number of unbranched alkanes of at least 4 members (excludes halogenated alkanes) is 1. The molecule has 0 unspecified atom stereocenters. The predicted octanol–water partition coefficient (Wildman–Crippen LogP) is 0.485. The van der Waals surface area contributed by atoms with Crippen LogP contribution in [0.5, 0.6) is 0 Å². The summed E-state index contributed by atoms with van der Waals surface area (Å²) in [4.78, 5) is 0. The molecule has 0 fully saturated rings. The van der Waals surface area contributed by atoms with Gasteiger partial charge < -0.3 is 5.73 Å². The van der Waals surface area contributed by atoms with Gasteiger partial charge in [-0.3, -0.25) is 0 Å². The summed E-state index contributed by atoms with van der Waals surface area (Å²) in [5.41, 5.74) is 5.19. The fourth-order valence-electron chi connectivity index (χ4n) is 0.239. The third-order valence-corrected chi connectivity index (χ3v) is 1.15. The zero-order valence-corrected chi connectivity index (χ0v) is 8.03. The van der Waals surface area contributed by atoms with Crippen molar-refractivity contribution in [2.45, 2.75) is 12.8 Å². The average molecular weight is 232 g/mol. The Morgan fingerprint density at radius 1 is 1.50 bits per heavy atom. The Bertz CT molecular complexity index is 56.5. The third kappa shape index (κ3) is 39.8. The molecule has 0 aromatic rings. The van der Waals surface area contributed by atoms with Crippen LogP contribution in [0, 0.1) is 0 Å². The van der Waals surface area contributed by atoms with E-state index in [9.17, 15) is 0 Å². The van der Waals surface area contributed by atoms with Crippen LogP contribution >= 0.6 is 28.3 Å². The fourth-order valence-corrected chi connectivity index (χ4v) is 0.635. The van der Waals surface area contributed by atoms with Crippen LogP contribution in [0.4, 0.5) is 0 Å². The van der Waals surface area contributed by atoms with Crippen LogP contribution < -0.4 is 5.73 Å². The van der Waals surface area contributed by atoms with E-state index in [0.717, 1.165) is 18.3 Å². The summed E-state index contributed by atoms with van der Waals surface area (Å²) in [6, 6.07) is 0. The van der Waals surface area contributed by atoms with E-state index in [1.165, 1.54) is 6.42 Å². The molecule has 0 saturated carbocycles. The summed E-state index contributed by atoms with van der Waals surface area (Å²) in [7, 11) is -0.250. The van der Waals surface area contributed by atoms with Crippen molar-refractivity contribution in [2.75, 3.05) is 11.9 Å². The number of nitrogens with two attached hydrogens (primary N) is 1. The second-order valence-corrected chi connectivity index (χ2v) is 2.08. The fraction of sp³-hybridized carbons (Fsp3) is 1.00. The van der Waals surface area contributed by atoms with E-state index in [0.29, 0.717) is 0 Å². The topological polar surface area (TPSA) is 63.3 Å². The van der Waals surface area contributed by atoms with Crippen molar-refractivity contribution in [1.29, 1.82) is 0 Å². The number of alkyl halides is 1.